The molecule has 0 saturated carbocycles. The molecule has 1 aliphatic heterocycles. The van der Waals surface area contributed by atoms with E-state index >= 15 is 0 Å². The maximum Gasteiger partial charge on any atom is 0.0524 e. The van der Waals surface area contributed by atoms with Gasteiger partial charge >= 0.3 is 0 Å². The molecule has 0 amide bonds. The molecular weight excluding hydrogens is 252 g/mol. The predicted molar refractivity (Wildman–Crippen MR) is 65.9 cm³/mol. The fraction of sp³-hybridized carbons (Fsp3) is 0.333. The molecule has 2 aromatic rings. The van der Waals surface area contributed by atoms with E-state index in [0.29, 0.717) is 6.54 Å². The Hall–Kier alpha value is -0.800. The van der Waals surface area contributed by atoms with E-state index in [1.54, 1.807) is 0 Å². The van der Waals surface area contributed by atoms with Gasteiger partial charge in [-0.25, -0.2) is 0 Å². The van der Waals surface area contributed by atoms with E-state index in [2.05, 4.69) is 38.8 Å². The molecule has 0 atom stereocenters. The fourth-order valence-electron chi connectivity index (χ4n) is 2.48. The van der Waals surface area contributed by atoms with Crippen molar-refractivity contribution in [2.75, 3.05) is 0 Å². The average Bonchev–Trinajstić information content (AvgIpc) is 2.58. The summed E-state index contributed by atoms with van der Waals surface area (Å²) in [6.45, 7) is 1.76. The quantitative estimate of drug-likeness (QED) is 0.844. The van der Waals surface area contributed by atoms with Crippen LogP contribution in [0.4, 0.5) is 0 Å². The van der Waals surface area contributed by atoms with Crippen LogP contribution in [0.2, 0.25) is 0 Å². The summed E-state index contributed by atoms with van der Waals surface area (Å²) in [6, 6.07) is 4.45. The summed E-state index contributed by atoms with van der Waals surface area (Å²) in [7, 11) is 0. The van der Waals surface area contributed by atoms with Crippen LogP contribution in [0, 0.1) is 0 Å². The molecule has 0 fully saturated rings. The molecule has 0 spiro atoms. The summed E-state index contributed by atoms with van der Waals surface area (Å²) in [4.78, 5) is 0. The zero-order valence-electron chi connectivity index (χ0n) is 8.46. The molecule has 0 aliphatic carbocycles. The summed E-state index contributed by atoms with van der Waals surface area (Å²) in [6.07, 6.45) is 4.60. The summed E-state index contributed by atoms with van der Waals surface area (Å²) in [5.74, 6) is 0. The molecule has 78 valence electrons. The summed E-state index contributed by atoms with van der Waals surface area (Å²) in [5.41, 5.74) is 9.79. The molecule has 3 rings (SSSR count). The Morgan fingerprint density at radius 3 is 3.07 bits per heavy atom. The number of aryl methyl sites for hydroxylation is 2. The molecule has 1 aliphatic rings. The van der Waals surface area contributed by atoms with Crippen molar-refractivity contribution in [3.63, 3.8) is 0 Å². The van der Waals surface area contributed by atoms with Crippen molar-refractivity contribution < 1.29 is 0 Å². The third-order valence-corrected chi connectivity index (χ3v) is 3.78. The molecule has 0 saturated heterocycles. The van der Waals surface area contributed by atoms with Crippen molar-refractivity contribution in [3.05, 3.63) is 33.9 Å². The number of halogens is 1. The van der Waals surface area contributed by atoms with E-state index in [1.807, 2.05) is 0 Å². The van der Waals surface area contributed by atoms with Crippen LogP contribution in [-0.4, -0.2) is 4.57 Å². The van der Waals surface area contributed by atoms with E-state index in [9.17, 15) is 0 Å². The van der Waals surface area contributed by atoms with Crippen molar-refractivity contribution in [3.8, 4) is 0 Å². The first-order valence-electron chi connectivity index (χ1n) is 5.30. The summed E-state index contributed by atoms with van der Waals surface area (Å²) in [5, 5.41) is 1.31. The van der Waals surface area contributed by atoms with E-state index < -0.39 is 0 Å². The molecular formula is C12H13BrN2. The Morgan fingerprint density at radius 1 is 1.40 bits per heavy atom. The lowest BCUT2D eigenvalue weighted by molar-refractivity contribution is 0.635. The second-order valence-electron chi connectivity index (χ2n) is 4.13. The molecule has 1 aromatic heterocycles. The van der Waals surface area contributed by atoms with Crippen LogP contribution in [0.3, 0.4) is 0 Å². The fourth-order valence-corrected chi connectivity index (χ4v) is 3.03. The van der Waals surface area contributed by atoms with E-state index in [-0.39, 0.29) is 0 Å². The van der Waals surface area contributed by atoms with Gasteiger partial charge in [0.05, 0.1) is 5.52 Å². The van der Waals surface area contributed by atoms with Crippen LogP contribution >= 0.6 is 15.9 Å². The Morgan fingerprint density at radius 2 is 2.27 bits per heavy atom. The van der Waals surface area contributed by atoms with E-state index in [4.69, 9.17) is 5.73 Å². The summed E-state index contributed by atoms with van der Waals surface area (Å²) < 4.78 is 3.54. The van der Waals surface area contributed by atoms with Gasteiger partial charge in [0, 0.05) is 29.1 Å². The number of hydrogen-bond acceptors (Lipinski definition) is 1. The Bertz CT molecular complexity index is 528. The molecule has 15 heavy (non-hydrogen) atoms. The van der Waals surface area contributed by atoms with E-state index in [0.717, 1.165) is 6.54 Å². The SMILES string of the molecule is NCc1cc2c3c(c1)c(Br)cn3CCC2. The maximum absolute atomic E-state index is 5.72. The highest BCUT2D eigenvalue weighted by atomic mass is 79.9. The van der Waals surface area contributed by atoms with Crippen LogP contribution in [0.5, 0.6) is 0 Å². The lowest BCUT2D eigenvalue weighted by Gasteiger charge is -2.16. The van der Waals surface area contributed by atoms with Crippen molar-refractivity contribution in [2.45, 2.75) is 25.9 Å². The lowest BCUT2D eigenvalue weighted by Crippen LogP contribution is -2.07. The topological polar surface area (TPSA) is 30.9 Å². The third-order valence-electron chi connectivity index (χ3n) is 3.14. The van der Waals surface area contributed by atoms with Gasteiger partial charge in [-0.3, -0.25) is 0 Å². The first-order chi connectivity index (χ1) is 7.29. The van der Waals surface area contributed by atoms with Gasteiger partial charge < -0.3 is 10.3 Å². The number of nitrogens with two attached hydrogens (primary N) is 1. The molecule has 2 nitrogen and oxygen atoms in total. The van der Waals surface area contributed by atoms with Gasteiger partial charge in [-0.2, -0.15) is 0 Å². The van der Waals surface area contributed by atoms with Crippen LogP contribution in [0.15, 0.2) is 22.8 Å². The van der Waals surface area contributed by atoms with Gasteiger partial charge in [-0.1, -0.05) is 6.07 Å². The molecule has 2 heterocycles. The van der Waals surface area contributed by atoms with Crippen molar-refractivity contribution >= 4 is 26.8 Å². The highest BCUT2D eigenvalue weighted by Gasteiger charge is 2.15. The average molecular weight is 265 g/mol. The number of rotatable bonds is 1. The predicted octanol–water partition coefficient (Wildman–Crippen LogP) is 2.81. The van der Waals surface area contributed by atoms with Crippen molar-refractivity contribution in [1.82, 2.24) is 4.57 Å². The third kappa shape index (κ3) is 1.34. The monoisotopic (exact) mass is 264 g/mol. The molecule has 1 aromatic carbocycles. The zero-order chi connectivity index (χ0) is 10.4. The Balaban J connectivity index is 2.40. The molecule has 0 radical (unpaired) electrons. The smallest absolute Gasteiger partial charge is 0.0524 e. The van der Waals surface area contributed by atoms with Crippen LogP contribution in [0.25, 0.3) is 10.9 Å². The minimum Gasteiger partial charge on any atom is -0.346 e. The van der Waals surface area contributed by atoms with Gasteiger partial charge in [-0.05, 0) is 46.0 Å². The van der Waals surface area contributed by atoms with Crippen molar-refractivity contribution in [2.24, 2.45) is 5.73 Å². The second-order valence-corrected chi connectivity index (χ2v) is 4.98. The minimum absolute atomic E-state index is 0.626. The number of benzene rings is 1. The van der Waals surface area contributed by atoms with Gasteiger partial charge in [0.2, 0.25) is 0 Å². The van der Waals surface area contributed by atoms with Gasteiger partial charge in [0.15, 0.2) is 0 Å². The molecule has 3 heteroatoms. The van der Waals surface area contributed by atoms with Gasteiger partial charge in [-0.15, -0.1) is 0 Å². The van der Waals surface area contributed by atoms with Crippen LogP contribution in [-0.2, 0) is 19.5 Å². The highest BCUT2D eigenvalue weighted by Crippen LogP contribution is 2.33. The van der Waals surface area contributed by atoms with Crippen LogP contribution < -0.4 is 5.73 Å². The molecule has 0 bridgehead atoms. The first-order valence-corrected chi connectivity index (χ1v) is 6.09. The van der Waals surface area contributed by atoms with Gasteiger partial charge in [0.1, 0.15) is 0 Å². The number of aromatic nitrogens is 1. The maximum atomic E-state index is 5.72. The van der Waals surface area contributed by atoms with Gasteiger partial charge in [0.25, 0.3) is 0 Å². The number of nitrogens with zero attached hydrogens (tertiary/aromatic N) is 1. The Labute approximate surface area is 97.2 Å². The normalized spacial score (nSPS) is 14.8. The minimum atomic E-state index is 0.626. The largest absolute Gasteiger partial charge is 0.346 e. The van der Waals surface area contributed by atoms with Crippen molar-refractivity contribution in [1.29, 1.82) is 0 Å². The van der Waals surface area contributed by atoms with E-state index in [1.165, 1.54) is 39.3 Å². The van der Waals surface area contributed by atoms with Crippen LogP contribution in [0.1, 0.15) is 17.5 Å². The molecule has 0 unspecified atom stereocenters. The zero-order valence-corrected chi connectivity index (χ0v) is 10.0. The highest BCUT2D eigenvalue weighted by molar-refractivity contribution is 9.10. The standard InChI is InChI=1S/C12H13BrN2/c13-11-7-15-3-1-2-9-4-8(6-14)5-10(11)12(9)15/h4-5,7H,1-3,6,14H2. The second kappa shape index (κ2) is 3.35. The number of hydrogen-bond donors (Lipinski definition) is 1. The lowest BCUT2D eigenvalue weighted by atomic mass is 10.0. The Kier molecular flexibility index (Phi) is 2.11. The summed E-state index contributed by atoms with van der Waals surface area (Å²) >= 11 is 3.62. The molecule has 2 N–H and O–H groups in total. The first kappa shape index (κ1) is 9.43.